The van der Waals surface area contributed by atoms with E-state index in [-0.39, 0.29) is 23.6 Å². The molecule has 1 aliphatic carbocycles. The Morgan fingerprint density at radius 3 is 2.62 bits per heavy atom. The molecule has 0 unspecified atom stereocenters. The van der Waals surface area contributed by atoms with Crippen LogP contribution in [0.15, 0.2) is 41.4 Å². The van der Waals surface area contributed by atoms with Crippen molar-refractivity contribution in [3.63, 3.8) is 0 Å². The maximum absolute atomic E-state index is 13.6. The third kappa shape index (κ3) is 4.74. The number of pyridine rings is 1. The molecule has 1 amide bonds. The van der Waals surface area contributed by atoms with Gasteiger partial charge < -0.3 is 15.2 Å². The zero-order chi connectivity index (χ0) is 18.5. The first-order valence-electron chi connectivity index (χ1n) is 8.51. The number of rotatable bonds is 5. The maximum atomic E-state index is 13.6. The van der Waals surface area contributed by atoms with Gasteiger partial charge in [0.2, 0.25) is 5.88 Å². The fraction of sp³-hybridized carbons (Fsp3) is 0.368. The number of benzene rings is 1. The maximum Gasteiger partial charge on any atom is 0.257 e. The van der Waals surface area contributed by atoms with Crippen LogP contribution < -0.4 is 10.1 Å². The van der Waals surface area contributed by atoms with Crippen LogP contribution in [-0.4, -0.2) is 34.4 Å². The fourth-order valence-electron chi connectivity index (χ4n) is 2.91. The first kappa shape index (κ1) is 18.7. The smallest absolute Gasteiger partial charge is 0.257 e. The van der Waals surface area contributed by atoms with E-state index in [1.807, 2.05) is 18.4 Å². The molecule has 0 bridgehead atoms. The quantitative estimate of drug-likeness (QED) is 0.778. The molecule has 5 nitrogen and oxygen atoms in total. The number of amides is 1. The molecule has 0 saturated heterocycles. The van der Waals surface area contributed by atoms with Crippen molar-refractivity contribution in [2.75, 3.05) is 6.26 Å². The van der Waals surface area contributed by atoms with Crippen molar-refractivity contribution < 1.29 is 19.0 Å². The van der Waals surface area contributed by atoms with Crippen molar-refractivity contribution in [1.29, 1.82) is 0 Å². The Hall–Kier alpha value is -2.12. The molecule has 26 heavy (non-hydrogen) atoms. The summed E-state index contributed by atoms with van der Waals surface area (Å²) >= 11 is 1.61. The molecule has 3 rings (SSSR count). The van der Waals surface area contributed by atoms with E-state index in [9.17, 15) is 14.3 Å². The summed E-state index contributed by atoms with van der Waals surface area (Å²) in [7, 11) is 0. The second kappa shape index (κ2) is 8.51. The molecule has 1 aromatic carbocycles. The molecule has 7 heteroatoms. The molecule has 0 spiro atoms. The number of aliphatic hydroxyl groups excluding tert-OH is 1. The summed E-state index contributed by atoms with van der Waals surface area (Å²) in [6.45, 7) is 0. The summed E-state index contributed by atoms with van der Waals surface area (Å²) in [5.41, 5.74) is 0.0602. The van der Waals surface area contributed by atoms with Gasteiger partial charge in [-0.15, -0.1) is 11.8 Å². The van der Waals surface area contributed by atoms with Crippen LogP contribution in [0.4, 0.5) is 4.39 Å². The van der Waals surface area contributed by atoms with E-state index in [1.165, 1.54) is 0 Å². The molecule has 138 valence electrons. The number of carbonyl (C=O) groups excluding carboxylic acids is 1. The van der Waals surface area contributed by atoms with Crippen LogP contribution >= 0.6 is 11.8 Å². The van der Waals surface area contributed by atoms with Gasteiger partial charge in [0.05, 0.1) is 12.3 Å². The first-order valence-corrected chi connectivity index (χ1v) is 9.74. The Morgan fingerprint density at radius 2 is 1.96 bits per heavy atom. The number of halogens is 1. The van der Waals surface area contributed by atoms with E-state index in [1.54, 1.807) is 23.9 Å². The van der Waals surface area contributed by atoms with Gasteiger partial charge in [0.15, 0.2) is 0 Å². The van der Waals surface area contributed by atoms with Crippen LogP contribution in [0, 0.1) is 5.82 Å². The summed E-state index contributed by atoms with van der Waals surface area (Å²) in [5.74, 6) is -0.429. The van der Waals surface area contributed by atoms with E-state index in [0.717, 1.165) is 17.2 Å². The Kier molecular flexibility index (Phi) is 6.11. The zero-order valence-electron chi connectivity index (χ0n) is 14.4. The average Bonchev–Trinajstić information content (AvgIpc) is 2.65. The highest BCUT2D eigenvalue weighted by atomic mass is 32.2. The van der Waals surface area contributed by atoms with Crippen LogP contribution in [0.2, 0.25) is 0 Å². The van der Waals surface area contributed by atoms with Gasteiger partial charge in [0, 0.05) is 10.9 Å². The van der Waals surface area contributed by atoms with Gasteiger partial charge in [-0.1, -0.05) is 0 Å². The molecule has 1 saturated carbocycles. The number of hydrogen-bond donors (Lipinski definition) is 2. The lowest BCUT2D eigenvalue weighted by molar-refractivity contribution is 0.0864. The highest BCUT2D eigenvalue weighted by molar-refractivity contribution is 7.98. The van der Waals surface area contributed by atoms with Gasteiger partial charge in [0.25, 0.3) is 5.91 Å². The monoisotopic (exact) mass is 376 g/mol. The average molecular weight is 376 g/mol. The third-order valence-electron chi connectivity index (χ3n) is 4.37. The van der Waals surface area contributed by atoms with E-state index in [4.69, 9.17) is 4.74 Å². The molecule has 2 aromatic rings. The zero-order valence-corrected chi connectivity index (χ0v) is 15.3. The van der Waals surface area contributed by atoms with E-state index in [0.29, 0.717) is 31.4 Å². The van der Waals surface area contributed by atoms with Crippen molar-refractivity contribution in [2.24, 2.45) is 0 Å². The standard InChI is InChI=1S/C19H21FN2O3S/c1-26-16-8-6-15(7-9-16)25-19-17(10-12(20)11-21-19)18(24)22-13-2-4-14(23)5-3-13/h6-11,13-14,23H,2-5H2,1H3,(H,22,24). The molecule has 1 aromatic heterocycles. The topological polar surface area (TPSA) is 71.5 Å². The number of nitrogens with one attached hydrogen (secondary N) is 1. The summed E-state index contributed by atoms with van der Waals surface area (Å²) in [4.78, 5) is 17.6. The van der Waals surface area contributed by atoms with Crippen molar-refractivity contribution in [3.8, 4) is 11.6 Å². The second-order valence-electron chi connectivity index (χ2n) is 6.26. The Balaban J connectivity index is 1.75. The summed E-state index contributed by atoms with van der Waals surface area (Å²) in [6, 6.07) is 8.45. The van der Waals surface area contributed by atoms with Gasteiger partial charge in [0.1, 0.15) is 17.1 Å². The van der Waals surface area contributed by atoms with Crippen LogP contribution in [0.5, 0.6) is 11.6 Å². The Labute approximate surface area is 156 Å². The van der Waals surface area contributed by atoms with Crippen LogP contribution in [0.1, 0.15) is 36.0 Å². The lowest BCUT2D eigenvalue weighted by Gasteiger charge is -2.26. The van der Waals surface area contributed by atoms with Gasteiger partial charge in [-0.2, -0.15) is 0 Å². The van der Waals surface area contributed by atoms with Crippen LogP contribution in [-0.2, 0) is 0 Å². The number of thioether (sulfide) groups is 1. The van der Waals surface area contributed by atoms with Gasteiger partial charge in [-0.25, -0.2) is 9.37 Å². The molecular weight excluding hydrogens is 355 g/mol. The normalized spacial score (nSPS) is 19.8. The van der Waals surface area contributed by atoms with Crippen molar-refractivity contribution in [3.05, 3.63) is 47.9 Å². The van der Waals surface area contributed by atoms with Crippen molar-refractivity contribution >= 4 is 17.7 Å². The van der Waals surface area contributed by atoms with Gasteiger partial charge >= 0.3 is 0 Å². The largest absolute Gasteiger partial charge is 0.438 e. The number of aliphatic hydroxyl groups is 1. The molecule has 2 N–H and O–H groups in total. The predicted octanol–water partition coefficient (Wildman–Crippen LogP) is 3.77. The number of aromatic nitrogens is 1. The second-order valence-corrected chi connectivity index (χ2v) is 7.14. The lowest BCUT2D eigenvalue weighted by Crippen LogP contribution is -2.38. The summed E-state index contributed by atoms with van der Waals surface area (Å²) in [5, 5.41) is 12.5. The Morgan fingerprint density at radius 1 is 1.27 bits per heavy atom. The molecule has 0 atom stereocenters. The molecule has 0 radical (unpaired) electrons. The molecule has 1 aliphatic rings. The predicted molar refractivity (Wildman–Crippen MR) is 98.2 cm³/mol. The molecule has 0 aliphatic heterocycles. The summed E-state index contributed by atoms with van der Waals surface area (Å²) in [6.07, 6.45) is 5.39. The highest BCUT2D eigenvalue weighted by Crippen LogP contribution is 2.26. The first-order chi connectivity index (χ1) is 12.5. The van der Waals surface area contributed by atoms with Gasteiger partial charge in [-0.05, 0) is 62.3 Å². The number of carbonyl (C=O) groups is 1. The van der Waals surface area contributed by atoms with E-state index in [2.05, 4.69) is 10.3 Å². The lowest BCUT2D eigenvalue weighted by atomic mass is 9.93. The van der Waals surface area contributed by atoms with Gasteiger partial charge in [-0.3, -0.25) is 4.79 Å². The minimum atomic E-state index is -0.598. The minimum Gasteiger partial charge on any atom is -0.438 e. The molecular formula is C19H21FN2O3S. The SMILES string of the molecule is CSc1ccc(Oc2ncc(F)cc2C(=O)NC2CCC(O)CC2)cc1. The highest BCUT2D eigenvalue weighted by Gasteiger charge is 2.23. The van der Waals surface area contributed by atoms with Crippen molar-refractivity contribution in [1.82, 2.24) is 10.3 Å². The molecule has 1 fully saturated rings. The van der Waals surface area contributed by atoms with Crippen LogP contribution in [0.25, 0.3) is 0 Å². The number of ether oxygens (including phenoxy) is 1. The minimum absolute atomic E-state index is 0.0390. The summed E-state index contributed by atoms with van der Waals surface area (Å²) < 4.78 is 19.3. The Bertz CT molecular complexity index is 762. The number of nitrogens with zero attached hydrogens (tertiary/aromatic N) is 1. The van der Waals surface area contributed by atoms with E-state index < -0.39 is 11.7 Å². The molecule has 1 heterocycles. The third-order valence-corrected chi connectivity index (χ3v) is 5.11. The fourth-order valence-corrected chi connectivity index (χ4v) is 3.32. The number of hydrogen-bond acceptors (Lipinski definition) is 5. The van der Waals surface area contributed by atoms with E-state index >= 15 is 0 Å². The van der Waals surface area contributed by atoms with Crippen LogP contribution in [0.3, 0.4) is 0 Å². The van der Waals surface area contributed by atoms with Crippen molar-refractivity contribution in [2.45, 2.75) is 42.7 Å².